The highest BCUT2D eigenvalue weighted by Gasteiger charge is 2.36. The second-order valence-electron chi connectivity index (χ2n) is 27.9. The number of carboxylic acid groups (broad SMARTS) is 1. The third-order valence-corrected chi connectivity index (χ3v) is 20.2. The van der Waals surface area contributed by atoms with Crippen LogP contribution in [-0.4, -0.2) is 22.3 Å². The van der Waals surface area contributed by atoms with E-state index >= 15 is 0 Å². The van der Waals surface area contributed by atoms with Gasteiger partial charge in [0.1, 0.15) is 0 Å². The van der Waals surface area contributed by atoms with E-state index in [9.17, 15) is 15.0 Å². The molecule has 2 N–H and O–H groups in total. The van der Waals surface area contributed by atoms with E-state index in [2.05, 4.69) is 13.8 Å². The van der Waals surface area contributed by atoms with E-state index < -0.39 is 18.0 Å². The third-order valence-electron chi connectivity index (χ3n) is 20.2. The molecule has 0 radical (unpaired) electrons. The van der Waals surface area contributed by atoms with Gasteiger partial charge in [-0.2, -0.15) is 0 Å². The van der Waals surface area contributed by atoms with Crippen LogP contribution in [0.1, 0.15) is 444 Å². The lowest BCUT2D eigenvalue weighted by atomic mass is 9.91. The van der Waals surface area contributed by atoms with Gasteiger partial charge in [0.05, 0.1) is 12.0 Å². The molecular weight excluding hydrogens is 961 g/mol. The SMILES string of the molecule is CCCCCCCCCCCCCCCCCCCCCCC(C(=O)O)C(O)CCCCCCCCCCCCCCCCCC1CC1CCCCCCCCCCC1CC1CCCCCCCCCCCCCCCCCC. The fraction of sp³-hybridized carbons (Fsp3) is 0.987. The van der Waals surface area contributed by atoms with Crippen LogP contribution >= 0.6 is 0 Å². The standard InChI is InChI=1S/C76H148O3/c1-3-5-7-9-11-13-15-17-19-21-22-23-24-28-32-36-40-48-54-60-66-74(76(78)79)75(77)67-61-55-49-41-37-33-29-25-27-31-35-39-45-51-57-63-71-69-73(71)65-59-53-47-43-42-46-52-58-64-72-68-70(72)62-56-50-44-38-34-30-26-20-18-16-14-12-10-8-6-4-2/h70-75,77H,3-69H2,1-2H3,(H,78,79). The molecule has 2 saturated carbocycles. The maximum atomic E-state index is 11.9. The largest absolute Gasteiger partial charge is 0.481 e. The third kappa shape index (κ3) is 51.6. The Labute approximate surface area is 498 Å². The molecule has 2 aliphatic carbocycles. The summed E-state index contributed by atoms with van der Waals surface area (Å²) >= 11 is 0. The predicted molar refractivity (Wildman–Crippen MR) is 352 cm³/mol. The second-order valence-corrected chi connectivity index (χ2v) is 27.9. The molecule has 0 spiro atoms. The Kier molecular flexibility index (Phi) is 55.8. The predicted octanol–water partition coefficient (Wildman–Crippen LogP) is 26.7. The fourth-order valence-electron chi connectivity index (χ4n) is 14.2. The first-order chi connectivity index (χ1) is 39.1. The minimum Gasteiger partial charge on any atom is -0.481 e. The average Bonchev–Trinajstić information content (AvgIpc) is 4.39. The van der Waals surface area contributed by atoms with Crippen molar-refractivity contribution in [1.82, 2.24) is 0 Å². The van der Waals surface area contributed by atoms with Crippen molar-refractivity contribution in [3.05, 3.63) is 0 Å². The smallest absolute Gasteiger partial charge is 0.309 e. The molecule has 79 heavy (non-hydrogen) atoms. The molecule has 2 aliphatic rings. The number of aliphatic carboxylic acids is 1. The van der Waals surface area contributed by atoms with Crippen LogP contribution < -0.4 is 0 Å². The number of carbonyl (C=O) groups is 1. The topological polar surface area (TPSA) is 57.5 Å². The molecule has 0 aromatic rings. The zero-order valence-electron chi connectivity index (χ0n) is 54.6. The fourth-order valence-corrected chi connectivity index (χ4v) is 14.2. The Bertz CT molecular complexity index is 1200. The van der Waals surface area contributed by atoms with Crippen molar-refractivity contribution in [2.24, 2.45) is 29.6 Å². The van der Waals surface area contributed by atoms with Crippen LogP contribution in [0.3, 0.4) is 0 Å². The first-order valence-electron chi connectivity index (χ1n) is 38.0. The lowest BCUT2D eigenvalue weighted by molar-refractivity contribution is -0.146. The minimum absolute atomic E-state index is 0.580. The Hall–Kier alpha value is -0.570. The number of hydrogen-bond donors (Lipinski definition) is 2. The van der Waals surface area contributed by atoms with Crippen molar-refractivity contribution in [2.75, 3.05) is 0 Å². The van der Waals surface area contributed by atoms with Crippen molar-refractivity contribution in [1.29, 1.82) is 0 Å². The number of aliphatic hydroxyl groups is 1. The second kappa shape index (κ2) is 59.2. The van der Waals surface area contributed by atoms with Crippen LogP contribution in [0.4, 0.5) is 0 Å². The highest BCUT2D eigenvalue weighted by atomic mass is 16.4. The van der Waals surface area contributed by atoms with Crippen molar-refractivity contribution >= 4 is 5.97 Å². The first-order valence-corrected chi connectivity index (χ1v) is 38.0. The zero-order valence-corrected chi connectivity index (χ0v) is 54.6. The molecule has 6 atom stereocenters. The summed E-state index contributed by atoms with van der Waals surface area (Å²) in [6, 6.07) is 0. The molecule has 0 bridgehead atoms. The Balaban J connectivity index is 1.19. The number of unbranched alkanes of at least 4 members (excludes halogenated alkanes) is 55. The van der Waals surface area contributed by atoms with E-state index in [1.807, 2.05) is 0 Å². The molecule has 3 heteroatoms. The Morgan fingerprint density at radius 1 is 0.266 bits per heavy atom. The molecule has 6 unspecified atom stereocenters. The summed E-state index contributed by atoms with van der Waals surface area (Å²) in [4.78, 5) is 11.9. The van der Waals surface area contributed by atoms with E-state index in [1.54, 1.807) is 25.7 Å². The summed E-state index contributed by atoms with van der Waals surface area (Å²) in [5.74, 6) is 3.05. The van der Waals surface area contributed by atoms with Crippen molar-refractivity contribution in [2.45, 2.75) is 450 Å². The average molecular weight is 1110 g/mol. The van der Waals surface area contributed by atoms with E-state index in [0.29, 0.717) is 12.8 Å². The molecule has 0 aromatic heterocycles. The van der Waals surface area contributed by atoms with Gasteiger partial charge >= 0.3 is 5.97 Å². The molecule has 0 heterocycles. The summed E-state index contributed by atoms with van der Waals surface area (Å²) in [5, 5.41) is 20.5. The lowest BCUT2D eigenvalue weighted by Crippen LogP contribution is -2.28. The normalized spacial score (nSPS) is 17.7. The molecule has 0 amide bonds. The molecule has 3 nitrogen and oxygen atoms in total. The molecule has 0 saturated heterocycles. The molecule has 0 aliphatic heterocycles. The van der Waals surface area contributed by atoms with Gasteiger partial charge in [0.2, 0.25) is 0 Å². The van der Waals surface area contributed by atoms with Crippen LogP contribution in [0.25, 0.3) is 0 Å². The summed E-state index contributed by atoms with van der Waals surface area (Å²) in [7, 11) is 0. The van der Waals surface area contributed by atoms with Crippen LogP contribution in [0.15, 0.2) is 0 Å². The summed E-state index contributed by atoms with van der Waals surface area (Å²) in [5.41, 5.74) is 0. The molecule has 2 rings (SSSR count). The monoisotopic (exact) mass is 1110 g/mol. The van der Waals surface area contributed by atoms with Crippen LogP contribution in [0, 0.1) is 29.6 Å². The Morgan fingerprint density at radius 3 is 0.620 bits per heavy atom. The van der Waals surface area contributed by atoms with Crippen LogP contribution in [0.2, 0.25) is 0 Å². The maximum Gasteiger partial charge on any atom is 0.309 e. The number of aliphatic hydroxyl groups excluding tert-OH is 1. The van der Waals surface area contributed by atoms with Gasteiger partial charge in [-0.1, -0.05) is 418 Å². The van der Waals surface area contributed by atoms with Gasteiger partial charge < -0.3 is 10.2 Å². The van der Waals surface area contributed by atoms with E-state index in [0.717, 1.165) is 49.4 Å². The molecule has 2 fully saturated rings. The Morgan fingerprint density at radius 2 is 0.430 bits per heavy atom. The van der Waals surface area contributed by atoms with Gasteiger partial charge in [0.25, 0.3) is 0 Å². The number of carboxylic acids is 1. The van der Waals surface area contributed by atoms with E-state index in [4.69, 9.17) is 0 Å². The zero-order chi connectivity index (χ0) is 56.4. The lowest BCUT2D eigenvalue weighted by Gasteiger charge is -2.19. The van der Waals surface area contributed by atoms with Crippen LogP contribution in [0.5, 0.6) is 0 Å². The quantitative estimate of drug-likeness (QED) is 0.0597. The van der Waals surface area contributed by atoms with Gasteiger partial charge in [-0.15, -0.1) is 0 Å². The van der Waals surface area contributed by atoms with Gasteiger partial charge in [0, 0.05) is 0 Å². The van der Waals surface area contributed by atoms with Crippen molar-refractivity contribution < 1.29 is 15.0 Å². The van der Waals surface area contributed by atoms with Gasteiger partial charge in [-0.25, -0.2) is 0 Å². The minimum atomic E-state index is -0.797. The van der Waals surface area contributed by atoms with Gasteiger partial charge in [-0.3, -0.25) is 4.79 Å². The maximum absolute atomic E-state index is 11.9. The van der Waals surface area contributed by atoms with Gasteiger partial charge in [-0.05, 0) is 49.4 Å². The highest BCUT2D eigenvalue weighted by Crippen LogP contribution is 2.47. The summed E-state index contributed by atoms with van der Waals surface area (Å²) < 4.78 is 0. The van der Waals surface area contributed by atoms with Crippen molar-refractivity contribution in [3.8, 4) is 0 Å². The van der Waals surface area contributed by atoms with Crippen LogP contribution in [-0.2, 0) is 4.79 Å². The van der Waals surface area contributed by atoms with E-state index in [-0.39, 0.29) is 0 Å². The first kappa shape index (κ1) is 74.5. The number of hydrogen-bond acceptors (Lipinski definition) is 2. The molecule has 470 valence electrons. The molecule has 0 aromatic carbocycles. The summed E-state index contributed by atoms with van der Waals surface area (Å²) in [6.07, 6.45) is 93.0. The summed E-state index contributed by atoms with van der Waals surface area (Å²) in [6.45, 7) is 4.61. The number of rotatable bonds is 69. The van der Waals surface area contributed by atoms with Crippen molar-refractivity contribution in [3.63, 3.8) is 0 Å². The van der Waals surface area contributed by atoms with Gasteiger partial charge in [0.15, 0.2) is 0 Å². The van der Waals surface area contributed by atoms with E-state index in [1.165, 1.54) is 366 Å². The highest BCUT2D eigenvalue weighted by molar-refractivity contribution is 5.70. The molecular formula is C76H148O3.